The van der Waals surface area contributed by atoms with Crippen LogP contribution in [-0.4, -0.2) is 44.7 Å². The highest BCUT2D eigenvalue weighted by molar-refractivity contribution is 5.71. The van der Waals surface area contributed by atoms with Gasteiger partial charge in [0.1, 0.15) is 5.75 Å². The third-order valence-electron chi connectivity index (χ3n) is 4.93. The highest BCUT2D eigenvalue weighted by Crippen LogP contribution is 2.32. The molecule has 3 rings (SSSR count). The molecule has 0 saturated heterocycles. The lowest BCUT2D eigenvalue weighted by atomic mass is 9.93. The molecule has 1 N–H and O–H groups in total. The Morgan fingerprint density at radius 3 is 2.64 bits per heavy atom. The first-order valence-electron chi connectivity index (χ1n) is 9.85. The minimum atomic E-state index is -0.397. The quantitative estimate of drug-likeness (QED) is 0.789. The van der Waals surface area contributed by atoms with E-state index >= 15 is 0 Å². The van der Waals surface area contributed by atoms with Crippen LogP contribution in [0.15, 0.2) is 48.5 Å². The molecule has 0 bridgehead atoms. The van der Waals surface area contributed by atoms with Gasteiger partial charge in [0.05, 0.1) is 0 Å². The number of rotatable bonds is 7. The van der Waals surface area contributed by atoms with Gasteiger partial charge in [0.25, 0.3) is 0 Å². The Balaban J connectivity index is 1.56. The molecule has 1 aliphatic heterocycles. The summed E-state index contributed by atoms with van der Waals surface area (Å²) in [7, 11) is 4.07. The highest BCUT2D eigenvalue weighted by Gasteiger charge is 2.22. The molecule has 0 fully saturated rings. The molecule has 2 aromatic rings. The van der Waals surface area contributed by atoms with Crippen LogP contribution < -0.4 is 15.0 Å². The molecule has 0 unspecified atom stereocenters. The van der Waals surface area contributed by atoms with Crippen LogP contribution in [0.2, 0.25) is 0 Å². The fraction of sp³-hybridized carbons (Fsp3) is 0.435. The highest BCUT2D eigenvalue weighted by atomic mass is 16.6. The topological polar surface area (TPSA) is 44.8 Å². The van der Waals surface area contributed by atoms with E-state index in [2.05, 4.69) is 59.3 Å². The van der Waals surface area contributed by atoms with Crippen molar-refractivity contribution in [2.45, 2.75) is 26.8 Å². The molecular weight excluding hydrogens is 350 g/mol. The molecule has 0 aliphatic carbocycles. The number of amides is 1. The third kappa shape index (κ3) is 5.49. The largest absolute Gasteiger partial charge is 0.412 e. The number of nitrogens with one attached hydrogen (secondary N) is 1. The lowest BCUT2D eigenvalue weighted by Crippen LogP contribution is -2.40. The van der Waals surface area contributed by atoms with E-state index in [1.54, 1.807) is 0 Å². The minimum Gasteiger partial charge on any atom is -0.410 e. The smallest absolute Gasteiger partial charge is 0.410 e. The summed E-state index contributed by atoms with van der Waals surface area (Å²) in [6.07, 6.45) is 0.572. The van der Waals surface area contributed by atoms with E-state index in [1.165, 1.54) is 16.8 Å². The third-order valence-corrected chi connectivity index (χ3v) is 4.93. The van der Waals surface area contributed by atoms with Gasteiger partial charge in [0.2, 0.25) is 0 Å². The maximum Gasteiger partial charge on any atom is 0.412 e. The van der Waals surface area contributed by atoms with Gasteiger partial charge in [-0.2, -0.15) is 0 Å². The number of carbonyl (C=O) groups is 1. The molecule has 0 radical (unpaired) electrons. The van der Waals surface area contributed by atoms with E-state index in [9.17, 15) is 4.79 Å². The lowest BCUT2D eigenvalue weighted by molar-refractivity contribution is 0.185. The SMILES string of the molecule is CN(C)CC(C)(C)CNC(=O)Oc1ccc2c(c1)CCN2Cc1ccccc1. The first-order valence-corrected chi connectivity index (χ1v) is 9.85. The van der Waals surface area contributed by atoms with Crippen molar-refractivity contribution in [2.24, 2.45) is 5.41 Å². The summed E-state index contributed by atoms with van der Waals surface area (Å²) >= 11 is 0. The maximum atomic E-state index is 12.2. The number of fused-ring (bicyclic) bond motifs is 1. The molecule has 2 aromatic carbocycles. The summed E-state index contributed by atoms with van der Waals surface area (Å²) in [5.41, 5.74) is 3.74. The van der Waals surface area contributed by atoms with E-state index in [-0.39, 0.29) is 5.41 Å². The van der Waals surface area contributed by atoms with Crippen LogP contribution in [0.5, 0.6) is 5.75 Å². The van der Waals surface area contributed by atoms with E-state index in [1.807, 2.05) is 32.3 Å². The number of benzene rings is 2. The Bertz CT molecular complexity index is 803. The number of hydrogen-bond acceptors (Lipinski definition) is 4. The van der Waals surface area contributed by atoms with Crippen LogP contribution in [0.4, 0.5) is 10.5 Å². The normalized spacial score (nSPS) is 13.5. The van der Waals surface area contributed by atoms with E-state index < -0.39 is 6.09 Å². The summed E-state index contributed by atoms with van der Waals surface area (Å²) in [4.78, 5) is 16.7. The number of hydrogen-bond donors (Lipinski definition) is 1. The van der Waals surface area contributed by atoms with Crippen LogP contribution >= 0.6 is 0 Å². The van der Waals surface area contributed by atoms with Crippen LogP contribution in [-0.2, 0) is 13.0 Å². The van der Waals surface area contributed by atoms with Crippen molar-refractivity contribution >= 4 is 11.8 Å². The fourth-order valence-corrected chi connectivity index (χ4v) is 3.84. The van der Waals surface area contributed by atoms with Gasteiger partial charge in [-0.3, -0.25) is 0 Å². The van der Waals surface area contributed by atoms with Crippen LogP contribution in [0.3, 0.4) is 0 Å². The molecule has 150 valence electrons. The first-order chi connectivity index (χ1) is 13.3. The maximum absolute atomic E-state index is 12.2. The summed E-state index contributed by atoms with van der Waals surface area (Å²) in [5.74, 6) is 0.600. The molecule has 5 heteroatoms. The Labute approximate surface area is 168 Å². The second-order valence-electron chi connectivity index (χ2n) is 8.59. The standard InChI is InChI=1S/C23H31N3O2/c1-23(2,17-25(3)4)16-24-22(27)28-20-10-11-21-19(14-20)12-13-26(21)15-18-8-6-5-7-9-18/h5-11,14H,12-13,15-17H2,1-4H3,(H,24,27). The molecule has 1 heterocycles. The molecule has 1 aliphatic rings. The predicted molar refractivity (Wildman–Crippen MR) is 114 cm³/mol. The Kier molecular flexibility index (Phi) is 6.25. The van der Waals surface area contributed by atoms with Crippen molar-refractivity contribution in [2.75, 3.05) is 38.6 Å². The minimum absolute atomic E-state index is 0.0155. The van der Waals surface area contributed by atoms with Gasteiger partial charge < -0.3 is 19.9 Å². The Morgan fingerprint density at radius 2 is 1.93 bits per heavy atom. The van der Waals surface area contributed by atoms with Crippen molar-refractivity contribution in [3.63, 3.8) is 0 Å². The number of ether oxygens (including phenoxy) is 1. The van der Waals surface area contributed by atoms with Gasteiger partial charge in [0, 0.05) is 31.9 Å². The molecule has 0 spiro atoms. The van der Waals surface area contributed by atoms with Gasteiger partial charge in [-0.1, -0.05) is 44.2 Å². The van der Waals surface area contributed by atoms with Crippen LogP contribution in [0.1, 0.15) is 25.0 Å². The Hall–Kier alpha value is -2.53. The molecule has 1 amide bonds. The second kappa shape index (κ2) is 8.65. The molecule has 28 heavy (non-hydrogen) atoms. The predicted octanol–water partition coefficient (Wildman–Crippen LogP) is 3.93. The summed E-state index contributed by atoms with van der Waals surface area (Å²) in [6.45, 7) is 7.60. The van der Waals surface area contributed by atoms with Crippen molar-refractivity contribution in [1.29, 1.82) is 0 Å². The average molecular weight is 382 g/mol. The van der Waals surface area contributed by atoms with Gasteiger partial charge >= 0.3 is 6.09 Å². The molecule has 0 atom stereocenters. The van der Waals surface area contributed by atoms with Crippen molar-refractivity contribution in [1.82, 2.24) is 10.2 Å². The van der Waals surface area contributed by atoms with Crippen molar-refractivity contribution < 1.29 is 9.53 Å². The zero-order chi connectivity index (χ0) is 20.1. The number of carbonyl (C=O) groups excluding carboxylic acids is 1. The Morgan fingerprint density at radius 1 is 1.18 bits per heavy atom. The average Bonchev–Trinajstić information content (AvgIpc) is 3.02. The van der Waals surface area contributed by atoms with Gasteiger partial charge in [0.15, 0.2) is 0 Å². The van der Waals surface area contributed by atoms with Gasteiger partial charge in [-0.05, 0) is 55.3 Å². The molecule has 5 nitrogen and oxygen atoms in total. The fourth-order valence-electron chi connectivity index (χ4n) is 3.84. The first kappa shape index (κ1) is 20.2. The van der Waals surface area contributed by atoms with Crippen LogP contribution in [0.25, 0.3) is 0 Å². The number of anilines is 1. The van der Waals surface area contributed by atoms with Gasteiger partial charge in [-0.15, -0.1) is 0 Å². The summed E-state index contributed by atoms with van der Waals surface area (Å²) in [5, 5.41) is 2.89. The zero-order valence-electron chi connectivity index (χ0n) is 17.4. The summed E-state index contributed by atoms with van der Waals surface area (Å²) in [6, 6.07) is 16.4. The lowest BCUT2D eigenvalue weighted by Gasteiger charge is -2.28. The summed E-state index contributed by atoms with van der Waals surface area (Å²) < 4.78 is 5.51. The van der Waals surface area contributed by atoms with Crippen molar-refractivity contribution in [3.05, 3.63) is 59.7 Å². The number of nitrogens with zero attached hydrogens (tertiary/aromatic N) is 2. The van der Waals surface area contributed by atoms with Gasteiger partial charge in [-0.25, -0.2) is 4.79 Å². The second-order valence-corrected chi connectivity index (χ2v) is 8.59. The molecule has 0 saturated carbocycles. The van der Waals surface area contributed by atoms with E-state index in [0.717, 1.165) is 26.1 Å². The monoisotopic (exact) mass is 381 g/mol. The zero-order valence-corrected chi connectivity index (χ0v) is 17.4. The van der Waals surface area contributed by atoms with E-state index in [4.69, 9.17) is 4.74 Å². The molecular formula is C23H31N3O2. The van der Waals surface area contributed by atoms with Crippen molar-refractivity contribution in [3.8, 4) is 5.75 Å². The van der Waals surface area contributed by atoms with E-state index in [0.29, 0.717) is 12.3 Å². The molecule has 0 aromatic heterocycles. The van der Waals surface area contributed by atoms with Crippen LogP contribution in [0, 0.1) is 5.41 Å².